The number of carbonyl (C=O) groups is 1. The molecule has 0 saturated heterocycles. The Morgan fingerprint density at radius 1 is 1.30 bits per heavy atom. The predicted octanol–water partition coefficient (Wildman–Crippen LogP) is 2.71. The zero-order valence-electron chi connectivity index (χ0n) is 16.0. The maximum absolute atomic E-state index is 12.0. The van der Waals surface area contributed by atoms with Gasteiger partial charge in [-0.2, -0.15) is 5.10 Å². The van der Waals surface area contributed by atoms with Crippen molar-refractivity contribution in [3.63, 3.8) is 0 Å². The minimum Gasteiger partial charge on any atom is -0.494 e. The van der Waals surface area contributed by atoms with Crippen molar-refractivity contribution in [2.24, 2.45) is 5.92 Å². The molecular formula is C21H28N4O2. The van der Waals surface area contributed by atoms with E-state index in [1.54, 1.807) is 0 Å². The molecule has 144 valence electrons. The van der Waals surface area contributed by atoms with Gasteiger partial charge in [0, 0.05) is 25.6 Å². The first-order chi connectivity index (χ1) is 13.2. The molecule has 1 aromatic heterocycles. The fourth-order valence-electron chi connectivity index (χ4n) is 3.75. The first kappa shape index (κ1) is 18.0. The van der Waals surface area contributed by atoms with Crippen LogP contribution in [0.3, 0.4) is 0 Å². The van der Waals surface area contributed by atoms with E-state index in [0.29, 0.717) is 13.2 Å². The van der Waals surface area contributed by atoms with Gasteiger partial charge in [0.25, 0.3) is 0 Å². The Kier molecular flexibility index (Phi) is 5.43. The molecule has 2 heterocycles. The molecule has 1 fully saturated rings. The number of rotatable bonds is 7. The van der Waals surface area contributed by atoms with E-state index in [1.807, 2.05) is 13.0 Å². The van der Waals surface area contributed by atoms with Gasteiger partial charge >= 0.3 is 0 Å². The number of benzene rings is 1. The minimum atomic E-state index is 0.183. The molecular weight excluding hydrogens is 340 g/mol. The summed E-state index contributed by atoms with van der Waals surface area (Å²) in [5.41, 5.74) is 3.44. The van der Waals surface area contributed by atoms with Crippen molar-refractivity contribution >= 4 is 5.91 Å². The van der Waals surface area contributed by atoms with Crippen molar-refractivity contribution < 1.29 is 9.53 Å². The smallest absolute Gasteiger partial charge is 0.223 e. The molecule has 1 N–H and O–H groups in total. The Morgan fingerprint density at radius 2 is 2.19 bits per heavy atom. The fourth-order valence-corrected chi connectivity index (χ4v) is 3.75. The lowest BCUT2D eigenvalue weighted by atomic mass is 9.85. The fraction of sp³-hybridized carbons (Fsp3) is 0.524. The molecule has 1 saturated carbocycles. The van der Waals surface area contributed by atoms with E-state index in [4.69, 9.17) is 4.74 Å². The molecule has 2 aliphatic rings. The summed E-state index contributed by atoms with van der Waals surface area (Å²) in [6.07, 6.45) is 3.25. The van der Waals surface area contributed by atoms with E-state index in [1.165, 1.54) is 17.7 Å². The summed E-state index contributed by atoms with van der Waals surface area (Å²) in [6, 6.07) is 10.5. The number of ether oxygens (including phenoxy) is 1. The number of carbonyl (C=O) groups excluding carboxylic acids is 1. The summed E-state index contributed by atoms with van der Waals surface area (Å²) >= 11 is 0. The quantitative estimate of drug-likeness (QED) is 0.816. The van der Waals surface area contributed by atoms with Crippen LogP contribution in [0.5, 0.6) is 5.75 Å². The Bertz CT molecular complexity index is 797. The van der Waals surface area contributed by atoms with Crippen LogP contribution in [0.1, 0.15) is 43.1 Å². The highest BCUT2D eigenvalue weighted by atomic mass is 16.5. The number of hydrogen-bond donors (Lipinski definition) is 1. The van der Waals surface area contributed by atoms with E-state index in [-0.39, 0.29) is 11.8 Å². The van der Waals surface area contributed by atoms with Gasteiger partial charge in [-0.05, 0) is 43.5 Å². The van der Waals surface area contributed by atoms with Crippen LogP contribution in [-0.2, 0) is 31.0 Å². The summed E-state index contributed by atoms with van der Waals surface area (Å²) in [7, 11) is 0. The van der Waals surface area contributed by atoms with Crippen LogP contribution in [0.15, 0.2) is 30.3 Å². The normalized spacial score (nSPS) is 17.2. The number of amides is 1. The molecule has 0 bridgehead atoms. The van der Waals surface area contributed by atoms with Crippen molar-refractivity contribution in [1.82, 2.24) is 20.0 Å². The highest BCUT2D eigenvalue weighted by molar-refractivity contribution is 5.79. The number of fused-ring (bicyclic) bond motifs is 1. The Hall–Kier alpha value is -2.34. The van der Waals surface area contributed by atoms with E-state index in [9.17, 15) is 4.79 Å². The second-order valence-corrected chi connectivity index (χ2v) is 7.49. The first-order valence-corrected chi connectivity index (χ1v) is 9.98. The van der Waals surface area contributed by atoms with Gasteiger partial charge in [-0.15, -0.1) is 0 Å². The summed E-state index contributed by atoms with van der Waals surface area (Å²) in [5.74, 6) is 1.34. The third kappa shape index (κ3) is 4.33. The van der Waals surface area contributed by atoms with Crippen LogP contribution in [0.4, 0.5) is 0 Å². The second kappa shape index (κ2) is 8.13. The molecule has 0 atom stereocenters. The molecule has 1 amide bonds. The van der Waals surface area contributed by atoms with Gasteiger partial charge in [0.05, 0.1) is 31.1 Å². The molecule has 1 aliphatic heterocycles. The standard InChI is InChI=1S/C21H28N4O2/c1-2-27-20-8-3-5-16(11-20)14-24-9-10-25-19(15-24)12-18(23-25)13-22-21(26)17-6-4-7-17/h3,5,8,11-12,17H,2,4,6-7,9-10,13-15H2,1H3,(H,22,26). The SMILES string of the molecule is CCOc1cccc(CN2CCn3nc(CNC(=O)C4CCC4)cc3C2)c1. The van der Waals surface area contributed by atoms with Gasteiger partial charge in [0.1, 0.15) is 5.75 Å². The largest absolute Gasteiger partial charge is 0.494 e. The average molecular weight is 368 g/mol. The van der Waals surface area contributed by atoms with Gasteiger partial charge in [-0.3, -0.25) is 14.4 Å². The van der Waals surface area contributed by atoms with Gasteiger partial charge < -0.3 is 10.1 Å². The zero-order valence-corrected chi connectivity index (χ0v) is 16.0. The van der Waals surface area contributed by atoms with Crippen LogP contribution >= 0.6 is 0 Å². The van der Waals surface area contributed by atoms with E-state index in [0.717, 1.165) is 50.5 Å². The van der Waals surface area contributed by atoms with Crippen LogP contribution in [0.2, 0.25) is 0 Å². The molecule has 0 unspecified atom stereocenters. The number of hydrogen-bond acceptors (Lipinski definition) is 4. The lowest BCUT2D eigenvalue weighted by Crippen LogP contribution is -2.34. The molecule has 27 heavy (non-hydrogen) atoms. The Morgan fingerprint density at radius 3 is 2.96 bits per heavy atom. The first-order valence-electron chi connectivity index (χ1n) is 9.98. The number of aromatic nitrogens is 2. The Balaban J connectivity index is 1.33. The van der Waals surface area contributed by atoms with Crippen molar-refractivity contribution in [3.8, 4) is 5.75 Å². The third-order valence-electron chi connectivity index (χ3n) is 5.46. The van der Waals surface area contributed by atoms with Crippen LogP contribution in [-0.4, -0.2) is 33.7 Å². The van der Waals surface area contributed by atoms with Crippen molar-refractivity contribution in [2.45, 2.75) is 52.4 Å². The van der Waals surface area contributed by atoms with E-state index >= 15 is 0 Å². The van der Waals surface area contributed by atoms with Crippen molar-refractivity contribution in [1.29, 1.82) is 0 Å². The monoisotopic (exact) mass is 368 g/mol. The van der Waals surface area contributed by atoms with Crippen LogP contribution in [0, 0.1) is 5.92 Å². The molecule has 1 aromatic carbocycles. The summed E-state index contributed by atoms with van der Waals surface area (Å²) < 4.78 is 7.68. The molecule has 0 radical (unpaired) electrons. The van der Waals surface area contributed by atoms with Crippen molar-refractivity contribution in [2.75, 3.05) is 13.2 Å². The lowest BCUT2D eigenvalue weighted by Gasteiger charge is -2.27. The molecule has 6 nitrogen and oxygen atoms in total. The van der Waals surface area contributed by atoms with E-state index in [2.05, 4.69) is 44.3 Å². The summed E-state index contributed by atoms with van der Waals surface area (Å²) in [5, 5.41) is 7.70. The number of nitrogens with one attached hydrogen (secondary N) is 1. The van der Waals surface area contributed by atoms with E-state index < -0.39 is 0 Å². The molecule has 0 spiro atoms. The third-order valence-corrected chi connectivity index (χ3v) is 5.46. The number of nitrogens with zero attached hydrogens (tertiary/aromatic N) is 3. The maximum atomic E-state index is 12.0. The second-order valence-electron chi connectivity index (χ2n) is 7.49. The van der Waals surface area contributed by atoms with Gasteiger partial charge in [0.15, 0.2) is 0 Å². The van der Waals surface area contributed by atoms with Gasteiger partial charge in [0.2, 0.25) is 5.91 Å². The lowest BCUT2D eigenvalue weighted by molar-refractivity contribution is -0.127. The van der Waals surface area contributed by atoms with Gasteiger partial charge in [-0.1, -0.05) is 18.6 Å². The van der Waals surface area contributed by atoms with Crippen LogP contribution < -0.4 is 10.1 Å². The van der Waals surface area contributed by atoms with Crippen LogP contribution in [0.25, 0.3) is 0 Å². The van der Waals surface area contributed by atoms with Gasteiger partial charge in [-0.25, -0.2) is 0 Å². The minimum absolute atomic E-state index is 0.183. The Labute approximate surface area is 160 Å². The average Bonchev–Trinajstić information content (AvgIpc) is 3.01. The highest BCUT2D eigenvalue weighted by Crippen LogP contribution is 2.26. The molecule has 1 aliphatic carbocycles. The summed E-state index contributed by atoms with van der Waals surface area (Å²) in [4.78, 5) is 14.4. The maximum Gasteiger partial charge on any atom is 0.223 e. The highest BCUT2D eigenvalue weighted by Gasteiger charge is 2.25. The molecule has 6 heteroatoms. The zero-order chi connectivity index (χ0) is 18.6. The predicted molar refractivity (Wildman–Crippen MR) is 103 cm³/mol. The molecule has 4 rings (SSSR count). The topological polar surface area (TPSA) is 59.4 Å². The van der Waals surface area contributed by atoms with Crippen molar-refractivity contribution in [3.05, 3.63) is 47.3 Å². The summed E-state index contributed by atoms with van der Waals surface area (Å²) in [6.45, 7) is 6.86. The molecule has 2 aromatic rings.